The van der Waals surface area contributed by atoms with Gasteiger partial charge in [-0.25, -0.2) is 0 Å². The van der Waals surface area contributed by atoms with E-state index in [9.17, 15) is 9.59 Å². The van der Waals surface area contributed by atoms with Crippen molar-refractivity contribution in [3.63, 3.8) is 0 Å². The molecule has 3 rings (SSSR count). The minimum absolute atomic E-state index is 0.0304. The van der Waals surface area contributed by atoms with E-state index in [1.165, 1.54) is 17.3 Å². The molecule has 1 saturated heterocycles. The third kappa shape index (κ3) is 5.95. The van der Waals surface area contributed by atoms with Crippen LogP contribution in [-0.4, -0.2) is 48.9 Å². The van der Waals surface area contributed by atoms with E-state index in [4.69, 9.17) is 0 Å². The summed E-state index contributed by atoms with van der Waals surface area (Å²) in [6.45, 7) is 6.92. The van der Waals surface area contributed by atoms with E-state index in [1.54, 1.807) is 13.0 Å². The van der Waals surface area contributed by atoms with Crippen LogP contribution in [0.15, 0.2) is 60.7 Å². The molecule has 5 nitrogen and oxygen atoms in total. The Hall–Kier alpha value is -3.08. The van der Waals surface area contributed by atoms with Gasteiger partial charge >= 0.3 is 0 Å². The average molecular weight is 392 g/mol. The minimum atomic E-state index is -0.547. The molecule has 1 atom stereocenters. The highest BCUT2D eigenvalue weighted by Crippen LogP contribution is 2.17. The van der Waals surface area contributed by atoms with E-state index < -0.39 is 6.04 Å². The summed E-state index contributed by atoms with van der Waals surface area (Å²) in [5.41, 5.74) is 3.38. The maximum atomic E-state index is 12.8. The van der Waals surface area contributed by atoms with Gasteiger partial charge in [-0.15, -0.1) is 0 Å². The van der Waals surface area contributed by atoms with Crippen LogP contribution in [0.4, 0.5) is 5.69 Å². The maximum Gasteiger partial charge on any atom is 0.244 e. The molecular formula is C24H29N3O2. The van der Waals surface area contributed by atoms with Gasteiger partial charge in [-0.1, -0.05) is 48.0 Å². The summed E-state index contributed by atoms with van der Waals surface area (Å²) in [7, 11) is 0. The Bertz CT molecular complexity index is 846. The maximum absolute atomic E-state index is 12.8. The van der Waals surface area contributed by atoms with Crippen molar-refractivity contribution in [3.8, 4) is 0 Å². The predicted octanol–water partition coefficient (Wildman–Crippen LogP) is 3.25. The van der Waals surface area contributed by atoms with Gasteiger partial charge < -0.3 is 15.1 Å². The number of anilines is 1. The van der Waals surface area contributed by atoms with Crippen LogP contribution in [-0.2, 0) is 9.59 Å². The molecule has 0 aliphatic carbocycles. The van der Waals surface area contributed by atoms with Crippen LogP contribution in [0.2, 0.25) is 0 Å². The van der Waals surface area contributed by atoms with Gasteiger partial charge in [0.05, 0.1) is 0 Å². The summed E-state index contributed by atoms with van der Waals surface area (Å²) in [6, 6.07) is 17.6. The third-order valence-electron chi connectivity index (χ3n) is 5.16. The Balaban J connectivity index is 1.52. The van der Waals surface area contributed by atoms with Crippen molar-refractivity contribution in [2.45, 2.75) is 26.3 Å². The number of carbonyl (C=O) groups is 2. The fraction of sp³-hybridized carbons (Fsp3) is 0.333. The van der Waals surface area contributed by atoms with Gasteiger partial charge in [0.1, 0.15) is 6.04 Å². The summed E-state index contributed by atoms with van der Waals surface area (Å²) >= 11 is 0. The van der Waals surface area contributed by atoms with Crippen LogP contribution >= 0.6 is 0 Å². The number of benzene rings is 2. The Labute approximate surface area is 173 Å². The van der Waals surface area contributed by atoms with Gasteiger partial charge in [0.25, 0.3) is 0 Å². The van der Waals surface area contributed by atoms with Gasteiger partial charge in [0, 0.05) is 37.9 Å². The molecule has 2 aromatic rings. The first kappa shape index (κ1) is 20.6. The van der Waals surface area contributed by atoms with E-state index in [-0.39, 0.29) is 11.8 Å². The highest BCUT2D eigenvalue weighted by atomic mass is 16.2. The molecular weight excluding hydrogens is 362 g/mol. The topological polar surface area (TPSA) is 52.6 Å². The van der Waals surface area contributed by atoms with Crippen LogP contribution in [0.3, 0.4) is 0 Å². The Morgan fingerprint density at radius 3 is 2.41 bits per heavy atom. The van der Waals surface area contributed by atoms with Crippen molar-refractivity contribution in [2.75, 3.05) is 31.1 Å². The number of nitrogens with zero attached hydrogens (tertiary/aromatic N) is 2. The lowest BCUT2D eigenvalue weighted by atomic mass is 10.2. The van der Waals surface area contributed by atoms with Crippen LogP contribution in [0, 0.1) is 6.92 Å². The molecule has 0 spiro atoms. The number of hydrogen-bond donors (Lipinski definition) is 1. The van der Waals surface area contributed by atoms with Gasteiger partial charge in [0.15, 0.2) is 0 Å². The summed E-state index contributed by atoms with van der Waals surface area (Å²) in [5, 5.41) is 2.79. The first-order chi connectivity index (χ1) is 14.0. The largest absolute Gasteiger partial charge is 0.370 e. The van der Waals surface area contributed by atoms with E-state index in [2.05, 4.69) is 41.4 Å². The molecule has 2 amide bonds. The molecule has 1 N–H and O–H groups in total. The van der Waals surface area contributed by atoms with Crippen LogP contribution in [0.5, 0.6) is 0 Å². The van der Waals surface area contributed by atoms with Crippen molar-refractivity contribution in [3.05, 3.63) is 71.8 Å². The highest BCUT2D eigenvalue weighted by Gasteiger charge is 2.24. The standard InChI is InChI=1S/C24H29N3O2/c1-19-9-12-22(13-10-19)26-15-6-16-27(18-17-26)24(29)20(2)25-23(28)14-11-21-7-4-3-5-8-21/h3-5,7-14,20H,6,15-18H2,1-2H3,(H,25,28)/b14-11+. The predicted molar refractivity (Wildman–Crippen MR) is 118 cm³/mol. The second kappa shape index (κ2) is 9.92. The molecule has 0 radical (unpaired) electrons. The van der Waals surface area contributed by atoms with Gasteiger partial charge in [-0.2, -0.15) is 0 Å². The smallest absolute Gasteiger partial charge is 0.244 e. The number of hydrogen-bond acceptors (Lipinski definition) is 3. The first-order valence-corrected chi connectivity index (χ1v) is 10.2. The normalized spacial score (nSPS) is 15.8. The lowest BCUT2D eigenvalue weighted by Gasteiger charge is -2.25. The van der Waals surface area contributed by atoms with Gasteiger partial charge in [-0.05, 0) is 44.0 Å². The molecule has 1 aliphatic rings. The van der Waals surface area contributed by atoms with E-state index in [1.807, 2.05) is 35.2 Å². The summed E-state index contributed by atoms with van der Waals surface area (Å²) in [4.78, 5) is 29.2. The second-order valence-corrected chi connectivity index (χ2v) is 7.48. The van der Waals surface area contributed by atoms with Gasteiger partial charge in [0.2, 0.25) is 11.8 Å². The van der Waals surface area contributed by atoms with E-state index in [0.29, 0.717) is 13.1 Å². The molecule has 1 fully saturated rings. The first-order valence-electron chi connectivity index (χ1n) is 10.2. The van der Waals surface area contributed by atoms with E-state index >= 15 is 0 Å². The van der Waals surface area contributed by atoms with Crippen molar-refractivity contribution in [2.24, 2.45) is 0 Å². The fourth-order valence-corrected chi connectivity index (χ4v) is 3.48. The Morgan fingerprint density at radius 1 is 0.966 bits per heavy atom. The molecule has 5 heteroatoms. The number of amides is 2. The van der Waals surface area contributed by atoms with Crippen LogP contribution in [0.25, 0.3) is 6.08 Å². The van der Waals surface area contributed by atoms with Crippen LogP contribution in [0.1, 0.15) is 24.5 Å². The molecule has 0 saturated carbocycles. The Kier molecular flexibility index (Phi) is 7.06. The third-order valence-corrected chi connectivity index (χ3v) is 5.16. The number of nitrogens with one attached hydrogen (secondary N) is 1. The molecule has 29 heavy (non-hydrogen) atoms. The van der Waals surface area contributed by atoms with Gasteiger partial charge in [-0.3, -0.25) is 9.59 Å². The lowest BCUT2D eigenvalue weighted by Crippen LogP contribution is -2.47. The molecule has 1 aliphatic heterocycles. The van der Waals surface area contributed by atoms with Crippen molar-refractivity contribution in [1.82, 2.24) is 10.2 Å². The number of rotatable bonds is 5. The molecule has 152 valence electrons. The zero-order valence-corrected chi connectivity index (χ0v) is 17.2. The number of aryl methyl sites for hydroxylation is 1. The number of carbonyl (C=O) groups excluding carboxylic acids is 2. The Morgan fingerprint density at radius 2 is 1.69 bits per heavy atom. The highest BCUT2D eigenvalue weighted by molar-refractivity contribution is 5.95. The molecule has 2 aromatic carbocycles. The van der Waals surface area contributed by atoms with E-state index in [0.717, 1.165) is 25.1 Å². The SMILES string of the molecule is Cc1ccc(N2CCCN(C(=O)C(C)NC(=O)/C=C/c3ccccc3)CC2)cc1. The lowest BCUT2D eigenvalue weighted by molar-refractivity contribution is -0.134. The molecule has 1 unspecified atom stereocenters. The average Bonchev–Trinajstić information content (AvgIpc) is 2.99. The quantitative estimate of drug-likeness (QED) is 0.796. The monoisotopic (exact) mass is 391 g/mol. The molecule has 0 bridgehead atoms. The zero-order valence-electron chi connectivity index (χ0n) is 17.2. The second-order valence-electron chi connectivity index (χ2n) is 7.48. The van der Waals surface area contributed by atoms with Crippen molar-refractivity contribution < 1.29 is 9.59 Å². The summed E-state index contributed by atoms with van der Waals surface area (Å²) in [5.74, 6) is -0.289. The molecule has 1 heterocycles. The van der Waals surface area contributed by atoms with Crippen LogP contribution < -0.4 is 10.2 Å². The minimum Gasteiger partial charge on any atom is -0.370 e. The summed E-state index contributed by atoms with van der Waals surface area (Å²) in [6.07, 6.45) is 4.13. The van der Waals surface area contributed by atoms with Crippen molar-refractivity contribution >= 4 is 23.6 Å². The van der Waals surface area contributed by atoms with Crippen molar-refractivity contribution in [1.29, 1.82) is 0 Å². The summed E-state index contributed by atoms with van der Waals surface area (Å²) < 4.78 is 0. The fourth-order valence-electron chi connectivity index (χ4n) is 3.48. The molecule has 0 aromatic heterocycles. The zero-order chi connectivity index (χ0) is 20.6.